The maximum absolute atomic E-state index is 5.86. The molecule has 94 valence electrons. The lowest BCUT2D eigenvalue weighted by Gasteiger charge is -2.07. The van der Waals surface area contributed by atoms with Crippen molar-refractivity contribution in [1.29, 1.82) is 0 Å². The Morgan fingerprint density at radius 3 is 2.50 bits per heavy atom. The van der Waals surface area contributed by atoms with E-state index in [1.807, 2.05) is 26.0 Å². The number of aromatic nitrogens is 2. The van der Waals surface area contributed by atoms with Crippen LogP contribution in [0.3, 0.4) is 0 Å². The van der Waals surface area contributed by atoms with E-state index in [4.69, 9.17) is 5.73 Å². The Kier molecular flexibility index (Phi) is 3.87. The second-order valence-corrected chi connectivity index (χ2v) is 5.31. The first-order chi connectivity index (χ1) is 8.58. The zero-order valence-electron chi connectivity index (χ0n) is 10.9. The van der Waals surface area contributed by atoms with Gasteiger partial charge in [0.1, 0.15) is 11.6 Å². The van der Waals surface area contributed by atoms with Gasteiger partial charge in [0.15, 0.2) is 0 Å². The summed E-state index contributed by atoms with van der Waals surface area (Å²) in [7, 11) is 0. The van der Waals surface area contributed by atoms with Crippen LogP contribution in [-0.2, 0) is 5.75 Å². The minimum absolute atomic E-state index is 0.586. The average Bonchev–Trinajstić information content (AvgIpc) is 2.35. The van der Waals surface area contributed by atoms with Crippen molar-refractivity contribution in [2.24, 2.45) is 0 Å². The van der Waals surface area contributed by atoms with Crippen LogP contribution in [0, 0.1) is 20.8 Å². The number of hydrogen-bond donors (Lipinski definition) is 1. The lowest BCUT2D eigenvalue weighted by atomic mass is 10.2. The van der Waals surface area contributed by atoms with Crippen LogP contribution in [-0.4, -0.2) is 9.97 Å². The molecule has 1 aromatic carbocycles. The molecule has 1 aromatic heterocycles. The van der Waals surface area contributed by atoms with Crippen LogP contribution >= 0.6 is 11.8 Å². The van der Waals surface area contributed by atoms with Gasteiger partial charge in [0.2, 0.25) is 0 Å². The van der Waals surface area contributed by atoms with Crippen LogP contribution in [0.25, 0.3) is 0 Å². The number of nitrogens with two attached hydrogens (primary N) is 1. The number of hydrogen-bond acceptors (Lipinski definition) is 4. The maximum atomic E-state index is 5.86. The summed E-state index contributed by atoms with van der Waals surface area (Å²) >= 11 is 1.74. The zero-order valence-corrected chi connectivity index (χ0v) is 11.7. The molecular formula is C14H17N3S. The van der Waals surface area contributed by atoms with Crippen molar-refractivity contribution >= 4 is 17.6 Å². The van der Waals surface area contributed by atoms with E-state index in [0.29, 0.717) is 5.82 Å². The summed E-state index contributed by atoms with van der Waals surface area (Å²) in [4.78, 5) is 10.1. The molecule has 0 amide bonds. The minimum Gasteiger partial charge on any atom is -0.383 e. The molecule has 0 aliphatic rings. The summed E-state index contributed by atoms with van der Waals surface area (Å²) in [5.74, 6) is 2.13. The highest BCUT2D eigenvalue weighted by molar-refractivity contribution is 7.98. The molecule has 0 aliphatic carbocycles. The van der Waals surface area contributed by atoms with Gasteiger partial charge in [-0.05, 0) is 32.4 Å². The van der Waals surface area contributed by atoms with Crippen molar-refractivity contribution in [2.45, 2.75) is 31.4 Å². The molecule has 1 heterocycles. The van der Waals surface area contributed by atoms with Crippen molar-refractivity contribution in [1.82, 2.24) is 9.97 Å². The highest BCUT2D eigenvalue weighted by atomic mass is 32.2. The predicted octanol–water partition coefficient (Wildman–Crippen LogP) is 3.28. The molecule has 0 bridgehead atoms. The highest BCUT2D eigenvalue weighted by Crippen LogP contribution is 2.25. The molecule has 0 saturated heterocycles. The van der Waals surface area contributed by atoms with E-state index in [-0.39, 0.29) is 0 Å². The van der Waals surface area contributed by atoms with Gasteiger partial charge in [-0.25, -0.2) is 9.97 Å². The third-order valence-corrected chi connectivity index (χ3v) is 4.10. The van der Waals surface area contributed by atoms with Crippen LogP contribution in [0.4, 0.5) is 5.82 Å². The van der Waals surface area contributed by atoms with E-state index in [0.717, 1.165) is 22.8 Å². The van der Waals surface area contributed by atoms with Gasteiger partial charge in [-0.3, -0.25) is 0 Å². The van der Waals surface area contributed by atoms with Gasteiger partial charge in [-0.2, -0.15) is 0 Å². The Labute approximate surface area is 112 Å². The number of benzene rings is 1. The average molecular weight is 259 g/mol. The van der Waals surface area contributed by atoms with Crippen LogP contribution in [0.15, 0.2) is 29.2 Å². The van der Waals surface area contributed by atoms with Crippen molar-refractivity contribution < 1.29 is 0 Å². The lowest BCUT2D eigenvalue weighted by molar-refractivity contribution is 0.981. The standard InChI is InChI=1S/C14H17N3S/c1-9-6-4-5-7-12(9)18-8-13-16-11(3)10(2)14(15)17-13/h4-7H,8H2,1-3H3,(H2,15,16,17). The Morgan fingerprint density at radius 1 is 1.11 bits per heavy atom. The largest absolute Gasteiger partial charge is 0.383 e. The summed E-state index contributed by atoms with van der Waals surface area (Å²) in [5, 5.41) is 0. The fraction of sp³-hybridized carbons (Fsp3) is 0.286. The van der Waals surface area contributed by atoms with Gasteiger partial charge in [0.25, 0.3) is 0 Å². The molecule has 0 radical (unpaired) electrons. The quantitative estimate of drug-likeness (QED) is 0.859. The molecule has 0 aliphatic heterocycles. The number of nitrogen functional groups attached to an aromatic ring is 1. The third kappa shape index (κ3) is 2.82. The van der Waals surface area contributed by atoms with E-state index in [1.165, 1.54) is 10.5 Å². The minimum atomic E-state index is 0.586. The lowest BCUT2D eigenvalue weighted by Crippen LogP contribution is -2.04. The Balaban J connectivity index is 2.14. The van der Waals surface area contributed by atoms with Crippen LogP contribution in [0.2, 0.25) is 0 Å². The van der Waals surface area contributed by atoms with E-state index in [1.54, 1.807) is 11.8 Å². The van der Waals surface area contributed by atoms with E-state index in [2.05, 4.69) is 29.0 Å². The molecule has 0 fully saturated rings. The third-order valence-electron chi connectivity index (χ3n) is 2.92. The second kappa shape index (κ2) is 5.40. The Bertz CT molecular complexity index is 544. The monoisotopic (exact) mass is 259 g/mol. The zero-order chi connectivity index (χ0) is 13.1. The maximum Gasteiger partial charge on any atom is 0.141 e. The fourth-order valence-corrected chi connectivity index (χ4v) is 2.52. The molecule has 0 spiro atoms. The van der Waals surface area contributed by atoms with Crippen molar-refractivity contribution in [3.05, 3.63) is 46.9 Å². The predicted molar refractivity (Wildman–Crippen MR) is 76.7 cm³/mol. The molecule has 2 aromatic rings. The van der Waals surface area contributed by atoms with E-state index < -0.39 is 0 Å². The first kappa shape index (κ1) is 12.9. The number of rotatable bonds is 3. The topological polar surface area (TPSA) is 51.8 Å². The second-order valence-electron chi connectivity index (χ2n) is 4.29. The van der Waals surface area contributed by atoms with Gasteiger partial charge < -0.3 is 5.73 Å². The number of aryl methyl sites for hydroxylation is 2. The van der Waals surface area contributed by atoms with Gasteiger partial charge in [0, 0.05) is 16.2 Å². The molecule has 4 heteroatoms. The first-order valence-electron chi connectivity index (χ1n) is 5.86. The van der Waals surface area contributed by atoms with Crippen LogP contribution in [0.5, 0.6) is 0 Å². The highest BCUT2D eigenvalue weighted by Gasteiger charge is 2.06. The normalized spacial score (nSPS) is 10.6. The van der Waals surface area contributed by atoms with Crippen molar-refractivity contribution in [2.75, 3.05) is 5.73 Å². The van der Waals surface area contributed by atoms with Crippen LogP contribution < -0.4 is 5.73 Å². The van der Waals surface area contributed by atoms with E-state index in [9.17, 15) is 0 Å². The van der Waals surface area contributed by atoms with Crippen LogP contribution in [0.1, 0.15) is 22.6 Å². The molecule has 0 unspecified atom stereocenters. The molecule has 3 nitrogen and oxygen atoms in total. The summed E-state index contributed by atoms with van der Waals surface area (Å²) in [6.45, 7) is 6.02. The summed E-state index contributed by atoms with van der Waals surface area (Å²) in [5.41, 5.74) is 9.07. The summed E-state index contributed by atoms with van der Waals surface area (Å²) in [6.07, 6.45) is 0. The molecule has 0 saturated carbocycles. The SMILES string of the molecule is Cc1ccccc1SCc1nc(C)c(C)c(N)n1. The van der Waals surface area contributed by atoms with Gasteiger partial charge >= 0.3 is 0 Å². The number of anilines is 1. The smallest absolute Gasteiger partial charge is 0.141 e. The molecular weight excluding hydrogens is 242 g/mol. The van der Waals surface area contributed by atoms with Crippen molar-refractivity contribution in [3.63, 3.8) is 0 Å². The van der Waals surface area contributed by atoms with Gasteiger partial charge in [-0.1, -0.05) is 18.2 Å². The Hall–Kier alpha value is -1.55. The van der Waals surface area contributed by atoms with E-state index >= 15 is 0 Å². The molecule has 2 N–H and O–H groups in total. The summed E-state index contributed by atoms with van der Waals surface area (Å²) in [6, 6.07) is 8.32. The van der Waals surface area contributed by atoms with Gasteiger partial charge in [-0.15, -0.1) is 11.8 Å². The van der Waals surface area contributed by atoms with Crippen molar-refractivity contribution in [3.8, 4) is 0 Å². The van der Waals surface area contributed by atoms with Gasteiger partial charge in [0.05, 0.1) is 5.75 Å². The fourth-order valence-electron chi connectivity index (χ4n) is 1.64. The molecule has 2 rings (SSSR count). The summed E-state index contributed by atoms with van der Waals surface area (Å²) < 4.78 is 0. The molecule has 18 heavy (non-hydrogen) atoms. The molecule has 0 atom stereocenters. The first-order valence-corrected chi connectivity index (χ1v) is 6.84. The number of thioether (sulfide) groups is 1. The number of nitrogens with zero attached hydrogens (tertiary/aromatic N) is 2. The Morgan fingerprint density at radius 2 is 1.83 bits per heavy atom.